The molecule has 0 aliphatic carbocycles. The fourth-order valence-corrected chi connectivity index (χ4v) is 1.79. The third-order valence-electron chi connectivity index (χ3n) is 2.04. The summed E-state index contributed by atoms with van der Waals surface area (Å²) in [5.41, 5.74) is 0.468. The smallest absolute Gasteiger partial charge is 0.341 e. The van der Waals surface area contributed by atoms with Gasteiger partial charge in [0.25, 0.3) is 0 Å². The van der Waals surface area contributed by atoms with E-state index in [9.17, 15) is 14.4 Å². The van der Waals surface area contributed by atoms with Crippen LogP contribution < -0.4 is 10.1 Å². The number of esters is 2. The van der Waals surface area contributed by atoms with E-state index in [0.29, 0.717) is 10.2 Å². The number of carbonyl (C=O) groups is 3. The zero-order valence-corrected chi connectivity index (χ0v) is 12.2. The van der Waals surface area contributed by atoms with Crippen molar-refractivity contribution in [2.24, 2.45) is 0 Å². The van der Waals surface area contributed by atoms with E-state index >= 15 is 0 Å². The summed E-state index contributed by atoms with van der Waals surface area (Å²) in [6.07, 6.45) is 0. The van der Waals surface area contributed by atoms with Crippen LogP contribution >= 0.6 is 15.9 Å². The lowest BCUT2D eigenvalue weighted by Crippen LogP contribution is -2.12. The van der Waals surface area contributed by atoms with E-state index in [2.05, 4.69) is 26.0 Å². The maximum atomic E-state index is 11.6. The van der Waals surface area contributed by atoms with Crippen molar-refractivity contribution in [1.29, 1.82) is 0 Å². The number of carbonyl (C=O) groups excluding carboxylic acids is 3. The number of rotatable bonds is 3. The molecule has 0 bridgehead atoms. The van der Waals surface area contributed by atoms with Gasteiger partial charge in [0, 0.05) is 24.4 Å². The van der Waals surface area contributed by atoms with Gasteiger partial charge in [-0.3, -0.25) is 9.59 Å². The molecule has 1 rings (SSSR count). The van der Waals surface area contributed by atoms with Crippen molar-refractivity contribution in [3.63, 3.8) is 0 Å². The van der Waals surface area contributed by atoms with E-state index in [1.165, 1.54) is 33.1 Å². The first-order valence-electron chi connectivity index (χ1n) is 5.23. The van der Waals surface area contributed by atoms with Gasteiger partial charge in [0.05, 0.1) is 12.8 Å². The molecule has 0 saturated heterocycles. The monoisotopic (exact) mass is 329 g/mol. The number of halogens is 1. The number of hydrogen-bond acceptors (Lipinski definition) is 5. The van der Waals surface area contributed by atoms with Crippen LogP contribution in [0.4, 0.5) is 5.69 Å². The Hall–Kier alpha value is -1.89. The molecule has 0 aliphatic rings. The van der Waals surface area contributed by atoms with Gasteiger partial charge in [-0.2, -0.15) is 0 Å². The molecule has 0 heterocycles. The molecule has 1 aromatic rings. The standard InChI is InChI=1S/C12H12BrNO5/c1-6(15)14-10-5-11(19-7(2)16)8(4-9(10)13)12(17)18-3/h4-5H,1-3H3,(H,14,15). The molecule has 1 amide bonds. The number of anilines is 1. The molecule has 0 saturated carbocycles. The quantitative estimate of drug-likeness (QED) is 0.678. The minimum absolute atomic E-state index is 0.0197. The average molecular weight is 330 g/mol. The van der Waals surface area contributed by atoms with Gasteiger partial charge >= 0.3 is 11.9 Å². The van der Waals surface area contributed by atoms with Crippen molar-refractivity contribution in [2.45, 2.75) is 13.8 Å². The van der Waals surface area contributed by atoms with Crippen molar-refractivity contribution < 1.29 is 23.9 Å². The third-order valence-corrected chi connectivity index (χ3v) is 2.70. The fourth-order valence-electron chi connectivity index (χ4n) is 1.35. The van der Waals surface area contributed by atoms with Gasteiger partial charge < -0.3 is 14.8 Å². The topological polar surface area (TPSA) is 81.7 Å². The van der Waals surface area contributed by atoms with Gasteiger partial charge in [-0.25, -0.2) is 4.79 Å². The van der Waals surface area contributed by atoms with E-state index in [1.54, 1.807) is 0 Å². The second-order valence-electron chi connectivity index (χ2n) is 3.59. The van der Waals surface area contributed by atoms with E-state index < -0.39 is 11.9 Å². The maximum absolute atomic E-state index is 11.6. The highest BCUT2D eigenvalue weighted by Gasteiger charge is 2.18. The molecule has 0 radical (unpaired) electrons. The number of hydrogen-bond donors (Lipinski definition) is 1. The third kappa shape index (κ3) is 4.06. The highest BCUT2D eigenvalue weighted by Crippen LogP contribution is 2.32. The highest BCUT2D eigenvalue weighted by molar-refractivity contribution is 9.10. The lowest BCUT2D eigenvalue weighted by atomic mass is 10.1. The Balaban J connectivity index is 3.31. The SMILES string of the molecule is COC(=O)c1cc(Br)c(NC(C)=O)cc1OC(C)=O. The fraction of sp³-hybridized carbons (Fsp3) is 0.250. The Kier molecular flexibility index (Phi) is 5.05. The number of amides is 1. The van der Waals surface area contributed by atoms with Crippen LogP contribution in [0.2, 0.25) is 0 Å². The maximum Gasteiger partial charge on any atom is 0.341 e. The van der Waals surface area contributed by atoms with Gasteiger partial charge in [-0.05, 0) is 22.0 Å². The van der Waals surface area contributed by atoms with E-state index in [-0.39, 0.29) is 17.2 Å². The zero-order chi connectivity index (χ0) is 14.6. The molecule has 0 fully saturated rings. The first kappa shape index (κ1) is 15.2. The number of ether oxygens (including phenoxy) is 2. The largest absolute Gasteiger partial charge is 0.465 e. The predicted molar refractivity (Wildman–Crippen MR) is 71.1 cm³/mol. The molecule has 0 atom stereocenters. The lowest BCUT2D eigenvalue weighted by molar-refractivity contribution is -0.131. The van der Waals surface area contributed by atoms with Crippen LogP contribution in [0.25, 0.3) is 0 Å². The number of nitrogens with one attached hydrogen (secondary N) is 1. The van der Waals surface area contributed by atoms with E-state index in [4.69, 9.17) is 4.74 Å². The second kappa shape index (κ2) is 6.33. The molecule has 0 unspecified atom stereocenters. The summed E-state index contributed by atoms with van der Waals surface area (Å²) in [7, 11) is 1.22. The van der Waals surface area contributed by atoms with Gasteiger partial charge in [-0.1, -0.05) is 0 Å². The van der Waals surface area contributed by atoms with Crippen molar-refractivity contribution in [1.82, 2.24) is 0 Å². The predicted octanol–water partition coefficient (Wildman–Crippen LogP) is 2.12. The van der Waals surface area contributed by atoms with Crippen LogP contribution in [-0.2, 0) is 14.3 Å². The Labute approximate surface area is 118 Å². The average Bonchev–Trinajstić information content (AvgIpc) is 2.30. The first-order valence-corrected chi connectivity index (χ1v) is 6.02. The summed E-state index contributed by atoms with van der Waals surface area (Å²) in [5.74, 6) is -1.50. The Bertz CT molecular complexity index is 541. The van der Waals surface area contributed by atoms with Crippen LogP contribution in [0.3, 0.4) is 0 Å². The summed E-state index contributed by atoms with van der Waals surface area (Å²) in [4.78, 5) is 33.6. The first-order chi connectivity index (χ1) is 8.85. The molecule has 1 N–H and O–H groups in total. The minimum atomic E-state index is -0.647. The van der Waals surface area contributed by atoms with Crippen LogP contribution in [-0.4, -0.2) is 25.0 Å². The molecular weight excluding hydrogens is 318 g/mol. The minimum Gasteiger partial charge on any atom is -0.465 e. The molecule has 7 heteroatoms. The van der Waals surface area contributed by atoms with Crippen LogP contribution in [0.1, 0.15) is 24.2 Å². The summed E-state index contributed by atoms with van der Waals surface area (Å²) in [6.45, 7) is 2.55. The molecule has 0 spiro atoms. The molecule has 0 aliphatic heterocycles. The number of benzene rings is 1. The molecule has 6 nitrogen and oxygen atoms in total. The Morgan fingerprint density at radius 1 is 1.21 bits per heavy atom. The summed E-state index contributed by atoms with van der Waals surface area (Å²) in [6, 6.07) is 2.79. The number of methoxy groups -OCH3 is 1. The lowest BCUT2D eigenvalue weighted by Gasteiger charge is -2.12. The zero-order valence-electron chi connectivity index (χ0n) is 10.6. The Morgan fingerprint density at radius 2 is 1.84 bits per heavy atom. The van der Waals surface area contributed by atoms with Crippen molar-refractivity contribution in [3.8, 4) is 5.75 Å². The highest BCUT2D eigenvalue weighted by atomic mass is 79.9. The molecule has 1 aromatic carbocycles. The van der Waals surface area contributed by atoms with E-state index in [0.717, 1.165) is 0 Å². The van der Waals surface area contributed by atoms with E-state index in [1.807, 2.05) is 0 Å². The molecule has 19 heavy (non-hydrogen) atoms. The van der Waals surface area contributed by atoms with Crippen molar-refractivity contribution in [2.75, 3.05) is 12.4 Å². The van der Waals surface area contributed by atoms with Crippen LogP contribution in [0.15, 0.2) is 16.6 Å². The van der Waals surface area contributed by atoms with Gasteiger partial charge in [0.2, 0.25) is 5.91 Å². The second-order valence-corrected chi connectivity index (χ2v) is 4.45. The molecular formula is C12H12BrNO5. The molecule has 102 valence electrons. The summed E-state index contributed by atoms with van der Waals surface area (Å²) in [5, 5.41) is 2.54. The van der Waals surface area contributed by atoms with Gasteiger partial charge in [0.15, 0.2) is 0 Å². The van der Waals surface area contributed by atoms with Crippen molar-refractivity contribution in [3.05, 3.63) is 22.2 Å². The normalized spacial score (nSPS) is 9.68. The summed E-state index contributed by atoms with van der Waals surface area (Å²) < 4.78 is 10.0. The van der Waals surface area contributed by atoms with Crippen LogP contribution in [0, 0.1) is 0 Å². The van der Waals surface area contributed by atoms with Crippen LogP contribution in [0.5, 0.6) is 5.75 Å². The van der Waals surface area contributed by atoms with Crippen molar-refractivity contribution >= 4 is 39.5 Å². The molecule has 0 aromatic heterocycles. The van der Waals surface area contributed by atoms with Gasteiger partial charge in [0.1, 0.15) is 11.3 Å². The summed E-state index contributed by atoms with van der Waals surface area (Å²) >= 11 is 3.21. The Morgan fingerprint density at radius 3 is 2.32 bits per heavy atom. The van der Waals surface area contributed by atoms with Gasteiger partial charge in [-0.15, -0.1) is 0 Å².